The fourth-order valence-electron chi connectivity index (χ4n) is 24.1. The van der Waals surface area contributed by atoms with Crippen molar-refractivity contribution in [1.82, 2.24) is 0 Å². The van der Waals surface area contributed by atoms with Crippen LogP contribution in [0.4, 0.5) is 0 Å². The van der Waals surface area contributed by atoms with E-state index in [-0.39, 0.29) is 166 Å². The lowest BCUT2D eigenvalue weighted by molar-refractivity contribution is -0.153. The number of hydrogen-bond acceptors (Lipinski definition) is 20. The molecule has 20 heteroatoms. The van der Waals surface area contributed by atoms with E-state index in [1.54, 1.807) is 0 Å². The molecule has 0 N–H and O–H groups in total. The van der Waals surface area contributed by atoms with Gasteiger partial charge in [0.1, 0.15) is 59.8 Å². The molecule has 0 radical (unpaired) electrons. The first-order valence-electron chi connectivity index (χ1n) is 34.0. The molecule has 488 valence electrons. The largest absolute Gasteiger partial charge is 0.469 e. The van der Waals surface area contributed by atoms with Crippen molar-refractivity contribution in [3.63, 3.8) is 0 Å². The van der Waals surface area contributed by atoms with Crippen LogP contribution < -0.4 is 0 Å². The van der Waals surface area contributed by atoms with E-state index in [1.807, 2.05) is 6.92 Å². The summed E-state index contributed by atoms with van der Waals surface area (Å²) in [6.07, 6.45) is 11.7. The molecule has 21 aliphatic rings. The van der Waals surface area contributed by atoms with Gasteiger partial charge < -0.3 is 52.1 Å². The standard InChI is InChI=1S/C11H14O4.C11H16O2.C10H12O5.2C10H14O2.C9H12O2.C8H10O3/c1-4-5-3-6-8(7(5)10(12)14-2)11(13)15-9(4)6;1-6-10(2)4-7-8(5-10)11(6,3)13-9(7)12;1-3-6-4(9(11)13-2)5-8(14-6)7(3)15-10(5)12;1-5-6-3-7-8(4-6)12-9(11)10(5,7)2;1-5-6-3-7-8(4-6)10(5,2)12-9(7)11;1-4-5-2-6-7(3-5)11-9(10)8(4)6;1-3-5-2-4-7(10-5)6(3)11-8(4)9/h4-9H,3H2,1-2H3;6-8H,4-5H2,1-3H3;3-8H,1-2H3;2*5-8H,3-4H2,1-2H3;4-8H,2-3H2,1H3;3-7H,2H2,1H3. The highest BCUT2D eigenvalue weighted by molar-refractivity contribution is 5.87. The second-order valence-electron chi connectivity index (χ2n) is 32.6. The molecule has 14 bridgehead atoms. The van der Waals surface area contributed by atoms with E-state index < -0.39 is 11.8 Å². The van der Waals surface area contributed by atoms with Gasteiger partial charge in [-0.25, -0.2) is 0 Å². The molecule has 0 aromatic rings. The molecule has 37 atom stereocenters. The zero-order chi connectivity index (χ0) is 63.1. The Kier molecular flexibility index (Phi) is 13.8. The summed E-state index contributed by atoms with van der Waals surface area (Å²) in [6, 6.07) is 0. The van der Waals surface area contributed by atoms with E-state index in [1.165, 1.54) is 39.9 Å². The zero-order valence-corrected chi connectivity index (χ0v) is 53.8. The van der Waals surface area contributed by atoms with E-state index in [9.17, 15) is 43.2 Å². The summed E-state index contributed by atoms with van der Waals surface area (Å²) in [5.41, 5.74) is 0.0310. The Labute approximate surface area is 520 Å². The van der Waals surface area contributed by atoms with Crippen LogP contribution in [0.15, 0.2) is 0 Å². The highest BCUT2D eigenvalue weighted by Gasteiger charge is 2.74. The van der Waals surface area contributed by atoms with Gasteiger partial charge in [-0.05, 0) is 138 Å². The minimum Gasteiger partial charge on any atom is -0.469 e. The van der Waals surface area contributed by atoms with E-state index in [0.29, 0.717) is 76.8 Å². The molecule has 0 aromatic carbocycles. The summed E-state index contributed by atoms with van der Waals surface area (Å²) in [6.45, 7) is 23.7. The first kappa shape index (κ1) is 60.4. The van der Waals surface area contributed by atoms with E-state index >= 15 is 0 Å². The average Bonchev–Trinajstić information content (AvgIpc) is 1.70. The van der Waals surface area contributed by atoms with Crippen LogP contribution in [0.3, 0.4) is 0 Å². The first-order valence-corrected chi connectivity index (χ1v) is 34.0. The normalized spacial score (nSPS) is 57.2. The molecule has 37 unspecified atom stereocenters. The van der Waals surface area contributed by atoms with Crippen LogP contribution in [0.1, 0.15) is 140 Å². The average molecular weight is 1240 g/mol. The Hall–Kier alpha value is -4.85. The molecule has 11 saturated heterocycles. The lowest BCUT2D eigenvalue weighted by Crippen LogP contribution is -2.41. The van der Waals surface area contributed by atoms with E-state index in [0.717, 1.165) is 56.3 Å². The molecule has 0 aromatic heterocycles. The highest BCUT2D eigenvalue weighted by atomic mass is 16.6. The Balaban J connectivity index is 0.0000000872. The van der Waals surface area contributed by atoms with Crippen LogP contribution in [0.5, 0.6) is 0 Å². The third kappa shape index (κ3) is 8.15. The summed E-state index contributed by atoms with van der Waals surface area (Å²) in [5.74, 6) is 6.78. The predicted octanol–water partition coefficient (Wildman–Crippen LogP) is 7.05. The van der Waals surface area contributed by atoms with Crippen LogP contribution in [0.25, 0.3) is 0 Å². The molecule has 89 heavy (non-hydrogen) atoms. The summed E-state index contributed by atoms with van der Waals surface area (Å²) in [5, 5.41) is 0. The van der Waals surface area contributed by atoms with Crippen LogP contribution in [0.2, 0.25) is 0 Å². The molecule has 11 aliphatic heterocycles. The van der Waals surface area contributed by atoms with Crippen LogP contribution in [-0.4, -0.2) is 134 Å². The fourth-order valence-corrected chi connectivity index (χ4v) is 24.1. The number of rotatable bonds is 2. The van der Waals surface area contributed by atoms with Crippen LogP contribution in [-0.2, 0) is 95.3 Å². The second-order valence-corrected chi connectivity index (χ2v) is 32.6. The maximum absolute atomic E-state index is 11.7. The number of fused-ring (bicyclic) bond motifs is 7. The van der Waals surface area contributed by atoms with Crippen molar-refractivity contribution in [2.24, 2.45) is 153 Å². The molecule has 11 heterocycles. The van der Waals surface area contributed by atoms with Gasteiger partial charge in [-0.15, -0.1) is 0 Å². The van der Waals surface area contributed by atoms with Gasteiger partial charge in [0, 0.05) is 47.3 Å². The fraction of sp³-hybridized carbons (Fsp3) is 0.870. The Morgan fingerprint density at radius 1 is 0.416 bits per heavy atom. The van der Waals surface area contributed by atoms with Gasteiger partial charge in [0.25, 0.3) is 0 Å². The Morgan fingerprint density at radius 3 is 1.65 bits per heavy atom. The number of methoxy groups -OCH3 is 2. The minimum absolute atomic E-state index is 0.0353. The lowest BCUT2D eigenvalue weighted by Gasteiger charge is -2.37. The summed E-state index contributed by atoms with van der Waals surface area (Å²) < 4.78 is 58.2. The summed E-state index contributed by atoms with van der Waals surface area (Å²) in [7, 11) is 2.72. The topological polar surface area (TPSA) is 255 Å². The summed E-state index contributed by atoms with van der Waals surface area (Å²) >= 11 is 0. The number of carbonyl (C=O) groups is 9. The third-order valence-corrected chi connectivity index (χ3v) is 29.7. The second kappa shape index (κ2) is 20.3. The molecule has 0 spiro atoms. The van der Waals surface area contributed by atoms with Gasteiger partial charge in [0.15, 0.2) is 0 Å². The molecule has 21 fully saturated rings. The maximum Gasteiger partial charge on any atom is 0.313 e. The Bertz CT molecular complexity index is 2980. The maximum atomic E-state index is 11.7. The molecule has 20 nitrogen and oxygen atoms in total. The highest BCUT2D eigenvalue weighted by Crippen LogP contribution is 2.70. The predicted molar refractivity (Wildman–Crippen MR) is 306 cm³/mol. The van der Waals surface area contributed by atoms with Gasteiger partial charge in [-0.3, -0.25) is 43.2 Å². The van der Waals surface area contributed by atoms with Gasteiger partial charge in [0.05, 0.1) is 73.3 Å². The molecule has 10 saturated carbocycles. The van der Waals surface area contributed by atoms with Crippen molar-refractivity contribution < 1.29 is 95.3 Å². The van der Waals surface area contributed by atoms with Crippen molar-refractivity contribution in [3.05, 3.63) is 0 Å². The van der Waals surface area contributed by atoms with Crippen LogP contribution in [0, 0.1) is 153 Å². The number of carbonyl (C=O) groups excluding carboxylic acids is 9. The quantitative estimate of drug-likeness (QED) is 0.198. The zero-order valence-electron chi connectivity index (χ0n) is 53.8. The monoisotopic (exact) mass is 1240 g/mol. The summed E-state index contributed by atoms with van der Waals surface area (Å²) in [4.78, 5) is 103. The molecular weight excluding hydrogens is 1150 g/mol. The van der Waals surface area contributed by atoms with Crippen LogP contribution >= 0.6 is 0 Å². The molecule has 0 amide bonds. The third-order valence-electron chi connectivity index (χ3n) is 29.7. The molecule has 21 rings (SSSR count). The molecule has 10 aliphatic carbocycles. The van der Waals surface area contributed by atoms with Gasteiger partial charge in [0.2, 0.25) is 0 Å². The van der Waals surface area contributed by atoms with E-state index in [2.05, 4.69) is 69.2 Å². The SMILES string of the molecule is CC1C2(C)CC3C(=O)OC1(C)C3C2.CC1C2CC3C(=O)OC1(C)C3C2.CC1C2CC3C(=O)OC1C3O2.CC1C2CC3OC(=O)C1(C)C3C2.CC1C2CC3OC(=O)C1C3C2.COC(=O)C1C2CC3C(OC(=O)C31)C2C.COC(=O)C1C2OC3C(OC(=O)C31)C2C. The van der Waals surface area contributed by atoms with Crippen molar-refractivity contribution in [2.45, 2.75) is 207 Å². The number of ether oxygens (including phenoxy) is 11. The lowest BCUT2D eigenvalue weighted by atomic mass is 9.69. The number of hydrogen-bond donors (Lipinski definition) is 0. The van der Waals surface area contributed by atoms with Gasteiger partial charge >= 0.3 is 53.7 Å². The Morgan fingerprint density at radius 2 is 1.03 bits per heavy atom. The van der Waals surface area contributed by atoms with Gasteiger partial charge in [-0.1, -0.05) is 55.4 Å². The van der Waals surface area contributed by atoms with Crippen molar-refractivity contribution in [2.75, 3.05) is 14.2 Å². The van der Waals surface area contributed by atoms with Crippen molar-refractivity contribution in [1.29, 1.82) is 0 Å². The van der Waals surface area contributed by atoms with E-state index in [4.69, 9.17) is 52.1 Å². The van der Waals surface area contributed by atoms with Crippen molar-refractivity contribution in [3.8, 4) is 0 Å². The van der Waals surface area contributed by atoms with Crippen molar-refractivity contribution >= 4 is 53.7 Å². The first-order chi connectivity index (χ1) is 42.1. The number of esters is 9. The smallest absolute Gasteiger partial charge is 0.313 e. The minimum atomic E-state index is -0.471. The molecular formula is C69H92O20. The van der Waals surface area contributed by atoms with Gasteiger partial charge in [-0.2, -0.15) is 0 Å².